The second-order valence-electron chi connectivity index (χ2n) is 4.62. The van der Waals surface area contributed by atoms with Gasteiger partial charge >= 0.3 is 0 Å². The molecule has 1 amide bonds. The van der Waals surface area contributed by atoms with Crippen LogP contribution < -0.4 is 10.2 Å². The van der Waals surface area contributed by atoms with Gasteiger partial charge in [-0.25, -0.2) is 9.97 Å². The summed E-state index contributed by atoms with van der Waals surface area (Å²) in [7, 11) is 0. The number of thiazole rings is 1. The van der Waals surface area contributed by atoms with Crippen molar-refractivity contribution in [2.75, 3.05) is 36.5 Å². The van der Waals surface area contributed by atoms with Crippen LogP contribution in [-0.2, 0) is 9.53 Å². The van der Waals surface area contributed by atoms with Crippen LogP contribution in [-0.4, -0.2) is 42.7 Å². The van der Waals surface area contributed by atoms with Crippen molar-refractivity contribution in [1.29, 1.82) is 0 Å². The zero-order chi connectivity index (χ0) is 13.9. The van der Waals surface area contributed by atoms with E-state index in [0.29, 0.717) is 18.7 Å². The molecule has 0 bridgehead atoms. The van der Waals surface area contributed by atoms with Gasteiger partial charge in [0.2, 0.25) is 6.41 Å². The van der Waals surface area contributed by atoms with E-state index < -0.39 is 0 Å². The maximum Gasteiger partial charge on any atom is 0.211 e. The van der Waals surface area contributed by atoms with E-state index in [1.165, 1.54) is 0 Å². The van der Waals surface area contributed by atoms with Gasteiger partial charge in [-0.15, -0.1) is 0 Å². The van der Waals surface area contributed by atoms with Gasteiger partial charge < -0.3 is 15.0 Å². The van der Waals surface area contributed by atoms with Crippen LogP contribution in [0.5, 0.6) is 0 Å². The van der Waals surface area contributed by atoms with Gasteiger partial charge in [0.05, 0.1) is 29.2 Å². The summed E-state index contributed by atoms with van der Waals surface area (Å²) in [5.41, 5.74) is 2.53. The summed E-state index contributed by atoms with van der Waals surface area (Å²) in [5, 5.41) is 3.71. The Morgan fingerprint density at radius 2 is 2.35 bits per heavy atom. The lowest BCUT2D eigenvalue weighted by Crippen LogP contribution is -2.27. The van der Waals surface area contributed by atoms with Crippen LogP contribution in [0.4, 0.5) is 11.4 Å². The summed E-state index contributed by atoms with van der Waals surface area (Å²) in [5.74, 6) is 0. The maximum atomic E-state index is 10.8. The number of aromatic nitrogens is 2. The number of pyridine rings is 1. The van der Waals surface area contributed by atoms with Gasteiger partial charge in [-0.2, -0.15) is 0 Å². The Morgan fingerprint density at radius 1 is 1.45 bits per heavy atom. The molecule has 0 unspecified atom stereocenters. The van der Waals surface area contributed by atoms with Gasteiger partial charge in [0.15, 0.2) is 0 Å². The van der Waals surface area contributed by atoms with Crippen LogP contribution >= 0.6 is 11.3 Å². The number of fused-ring (bicyclic) bond motifs is 1. The van der Waals surface area contributed by atoms with Gasteiger partial charge in [-0.1, -0.05) is 11.3 Å². The number of ether oxygens (including phenoxy) is 1. The summed E-state index contributed by atoms with van der Waals surface area (Å²) in [6.45, 7) is 5.12. The number of anilines is 2. The Morgan fingerprint density at radius 3 is 3.20 bits per heavy atom. The molecule has 0 atom stereocenters. The Labute approximate surface area is 120 Å². The first-order valence-corrected chi connectivity index (χ1v) is 7.40. The number of aryl methyl sites for hydroxylation is 1. The molecule has 1 aliphatic rings. The van der Waals surface area contributed by atoms with Gasteiger partial charge in [0.25, 0.3) is 0 Å². The van der Waals surface area contributed by atoms with E-state index in [4.69, 9.17) is 4.74 Å². The fourth-order valence-corrected chi connectivity index (χ4v) is 3.19. The van der Waals surface area contributed by atoms with Gasteiger partial charge in [-0.05, 0) is 13.3 Å². The molecule has 1 fully saturated rings. The van der Waals surface area contributed by atoms with Crippen LogP contribution in [0.3, 0.4) is 0 Å². The number of nitrogens with zero attached hydrogens (tertiary/aromatic N) is 3. The standard InChI is InChI=1S/C13H16N4O2S/c1-9-16-11-12(17-3-2-5-19-6-4-17)10(15-8-18)7-14-13(11)20-9/h7-8H,2-6H2,1H3,(H,15,18). The second-order valence-corrected chi connectivity index (χ2v) is 5.80. The van der Waals surface area contributed by atoms with Crippen LogP contribution in [0.25, 0.3) is 10.3 Å². The number of carbonyl (C=O) groups is 1. The Hall–Kier alpha value is -1.73. The lowest BCUT2D eigenvalue weighted by molar-refractivity contribution is -0.105. The van der Waals surface area contributed by atoms with Crippen molar-refractivity contribution < 1.29 is 9.53 Å². The molecular weight excluding hydrogens is 276 g/mol. The molecule has 2 aromatic heterocycles. The number of nitrogens with one attached hydrogen (secondary N) is 1. The maximum absolute atomic E-state index is 10.8. The molecule has 0 radical (unpaired) electrons. The molecule has 1 aliphatic heterocycles. The molecule has 2 aromatic rings. The SMILES string of the molecule is Cc1nc2c(N3CCCOCC3)c(NC=O)cnc2s1. The van der Waals surface area contributed by atoms with E-state index in [0.717, 1.165) is 47.2 Å². The zero-order valence-corrected chi connectivity index (χ0v) is 12.1. The number of hydrogen-bond donors (Lipinski definition) is 1. The van der Waals surface area contributed by atoms with Crippen molar-refractivity contribution in [2.45, 2.75) is 13.3 Å². The van der Waals surface area contributed by atoms with E-state index in [2.05, 4.69) is 20.2 Å². The molecule has 1 N–H and O–H groups in total. The van der Waals surface area contributed by atoms with E-state index in [1.807, 2.05) is 6.92 Å². The van der Waals surface area contributed by atoms with Crippen molar-refractivity contribution in [1.82, 2.24) is 9.97 Å². The highest BCUT2D eigenvalue weighted by Gasteiger charge is 2.20. The number of rotatable bonds is 3. The highest BCUT2D eigenvalue weighted by Crippen LogP contribution is 2.35. The predicted octanol–water partition coefficient (Wildman–Crippen LogP) is 1.79. The van der Waals surface area contributed by atoms with Crippen molar-refractivity contribution >= 4 is 39.5 Å². The topological polar surface area (TPSA) is 67.3 Å². The first kappa shape index (κ1) is 13.3. The quantitative estimate of drug-likeness (QED) is 0.874. The molecule has 0 aromatic carbocycles. The van der Waals surface area contributed by atoms with Gasteiger partial charge in [0, 0.05) is 19.7 Å². The second kappa shape index (κ2) is 5.72. The summed E-state index contributed by atoms with van der Waals surface area (Å²) < 4.78 is 5.50. The van der Waals surface area contributed by atoms with Gasteiger partial charge in [-0.3, -0.25) is 4.79 Å². The highest BCUT2D eigenvalue weighted by atomic mass is 32.1. The van der Waals surface area contributed by atoms with E-state index >= 15 is 0 Å². The molecule has 6 nitrogen and oxygen atoms in total. The Balaban J connectivity index is 2.12. The molecule has 0 spiro atoms. The predicted molar refractivity (Wildman–Crippen MR) is 79.5 cm³/mol. The summed E-state index contributed by atoms with van der Waals surface area (Å²) in [4.78, 5) is 22.9. The molecule has 3 rings (SSSR count). The van der Waals surface area contributed by atoms with Crippen molar-refractivity contribution in [3.8, 4) is 0 Å². The normalized spacial score (nSPS) is 16.1. The molecule has 7 heteroatoms. The van der Waals surface area contributed by atoms with E-state index in [9.17, 15) is 4.79 Å². The minimum atomic E-state index is 0.680. The van der Waals surface area contributed by atoms with E-state index in [-0.39, 0.29) is 0 Å². The average molecular weight is 292 g/mol. The summed E-state index contributed by atoms with van der Waals surface area (Å²) >= 11 is 1.57. The molecule has 20 heavy (non-hydrogen) atoms. The largest absolute Gasteiger partial charge is 0.380 e. The molecule has 1 saturated heterocycles. The lowest BCUT2D eigenvalue weighted by Gasteiger charge is -2.24. The number of hydrogen-bond acceptors (Lipinski definition) is 6. The molecular formula is C13H16N4O2S. The summed E-state index contributed by atoms with van der Waals surface area (Å²) in [6, 6.07) is 0. The Kier molecular flexibility index (Phi) is 3.79. The van der Waals surface area contributed by atoms with Gasteiger partial charge in [0.1, 0.15) is 10.3 Å². The third-order valence-electron chi connectivity index (χ3n) is 3.26. The van der Waals surface area contributed by atoms with Crippen molar-refractivity contribution in [2.24, 2.45) is 0 Å². The fourth-order valence-electron chi connectivity index (χ4n) is 2.43. The number of carbonyl (C=O) groups excluding carboxylic acids is 1. The Bertz CT molecular complexity index is 620. The van der Waals surface area contributed by atoms with Crippen molar-refractivity contribution in [3.63, 3.8) is 0 Å². The van der Waals surface area contributed by atoms with Crippen LogP contribution in [0.1, 0.15) is 11.4 Å². The average Bonchev–Trinajstić information content (AvgIpc) is 2.64. The van der Waals surface area contributed by atoms with Crippen molar-refractivity contribution in [3.05, 3.63) is 11.2 Å². The highest BCUT2D eigenvalue weighted by molar-refractivity contribution is 7.18. The minimum Gasteiger partial charge on any atom is -0.380 e. The molecule has 3 heterocycles. The summed E-state index contributed by atoms with van der Waals surface area (Å²) in [6.07, 6.45) is 3.35. The molecule has 106 valence electrons. The lowest BCUT2D eigenvalue weighted by atomic mass is 10.2. The number of amides is 1. The third kappa shape index (κ3) is 2.46. The van der Waals surface area contributed by atoms with Crippen LogP contribution in [0.2, 0.25) is 0 Å². The first-order chi connectivity index (χ1) is 9.79. The zero-order valence-electron chi connectivity index (χ0n) is 11.3. The molecule has 0 saturated carbocycles. The minimum absolute atomic E-state index is 0.680. The van der Waals surface area contributed by atoms with Crippen LogP contribution in [0, 0.1) is 6.92 Å². The third-order valence-corrected chi connectivity index (χ3v) is 4.14. The van der Waals surface area contributed by atoms with E-state index in [1.54, 1.807) is 17.5 Å². The first-order valence-electron chi connectivity index (χ1n) is 6.58. The van der Waals surface area contributed by atoms with Crippen LogP contribution in [0.15, 0.2) is 6.20 Å². The molecule has 0 aliphatic carbocycles. The fraction of sp³-hybridized carbons (Fsp3) is 0.462. The monoisotopic (exact) mass is 292 g/mol. The smallest absolute Gasteiger partial charge is 0.211 e.